The average Bonchev–Trinajstić information content (AvgIpc) is 2.08. The summed E-state index contributed by atoms with van der Waals surface area (Å²) >= 11 is 2.10. The van der Waals surface area contributed by atoms with E-state index in [9.17, 15) is 0 Å². The molecule has 1 heteroatoms. The van der Waals surface area contributed by atoms with Crippen LogP contribution in [-0.4, -0.2) is 5.25 Å². The summed E-state index contributed by atoms with van der Waals surface area (Å²) in [7, 11) is 0. The van der Waals surface area contributed by atoms with Crippen LogP contribution in [-0.2, 0) is 0 Å². The second-order valence-corrected chi connectivity index (χ2v) is 4.69. The summed E-state index contributed by atoms with van der Waals surface area (Å²) in [6.45, 7) is 4.67. The molecule has 1 unspecified atom stereocenters. The van der Waals surface area contributed by atoms with Crippen LogP contribution in [0.2, 0.25) is 0 Å². The van der Waals surface area contributed by atoms with Crippen molar-refractivity contribution < 1.29 is 0 Å². The summed E-state index contributed by atoms with van der Waals surface area (Å²) < 4.78 is 0. The van der Waals surface area contributed by atoms with Gasteiger partial charge in [0, 0.05) is 5.25 Å². The topological polar surface area (TPSA) is 0 Å². The lowest BCUT2D eigenvalue weighted by Gasteiger charge is -2.23. The first-order chi connectivity index (χ1) is 4.27. The fourth-order valence-electron chi connectivity index (χ4n) is 1.77. The lowest BCUT2D eigenvalue weighted by Crippen LogP contribution is -2.08. The number of rotatable bonds is 0. The smallest absolute Gasteiger partial charge is 0.0100 e. The minimum Gasteiger partial charge on any atom is -0.127 e. The van der Waals surface area contributed by atoms with E-state index in [2.05, 4.69) is 25.6 Å². The van der Waals surface area contributed by atoms with Crippen LogP contribution in [0.3, 0.4) is 0 Å². The summed E-state index contributed by atoms with van der Waals surface area (Å²) in [5, 5.41) is 0.889. The molecule has 0 radical (unpaired) electrons. The monoisotopic (exact) mass is 140 g/mol. The molecule has 1 heterocycles. The Hall–Kier alpha value is 0.0900. The third kappa shape index (κ3) is 0.743. The molecule has 2 aliphatic rings. The standard InChI is InChI=1S/C8H12S/c1-5-3-7-4-6(2)9-8(5)7/h5-6H,3-4H2,1-2H3/t5?,6-/m0/s1. The normalized spacial score (nSPS) is 40.7. The molecule has 1 aliphatic carbocycles. The Morgan fingerprint density at radius 2 is 2.11 bits per heavy atom. The summed E-state index contributed by atoms with van der Waals surface area (Å²) in [5.41, 5.74) is 1.76. The Balaban J connectivity index is 2.15. The predicted molar refractivity (Wildman–Crippen MR) is 42.5 cm³/mol. The molecule has 0 aromatic rings. The third-order valence-electron chi connectivity index (χ3n) is 2.21. The highest BCUT2D eigenvalue weighted by Gasteiger charge is 2.33. The zero-order valence-electron chi connectivity index (χ0n) is 5.98. The van der Waals surface area contributed by atoms with Gasteiger partial charge in [0.1, 0.15) is 0 Å². The van der Waals surface area contributed by atoms with E-state index in [1.165, 1.54) is 12.8 Å². The van der Waals surface area contributed by atoms with Gasteiger partial charge in [-0.1, -0.05) is 19.4 Å². The molecule has 0 bridgehead atoms. The summed E-state index contributed by atoms with van der Waals surface area (Å²) in [4.78, 5) is 1.72. The van der Waals surface area contributed by atoms with Gasteiger partial charge < -0.3 is 0 Å². The third-order valence-corrected chi connectivity index (χ3v) is 3.72. The van der Waals surface area contributed by atoms with Crippen molar-refractivity contribution in [2.45, 2.75) is 31.9 Å². The molecule has 0 nitrogen and oxygen atoms in total. The first kappa shape index (κ1) is 5.84. The summed E-state index contributed by atoms with van der Waals surface area (Å²) in [5.74, 6) is 0.912. The zero-order chi connectivity index (χ0) is 6.43. The van der Waals surface area contributed by atoms with E-state index in [0.29, 0.717) is 0 Å². The van der Waals surface area contributed by atoms with E-state index >= 15 is 0 Å². The van der Waals surface area contributed by atoms with Crippen molar-refractivity contribution in [2.24, 2.45) is 5.92 Å². The fraction of sp³-hybridized carbons (Fsp3) is 0.750. The molecule has 2 rings (SSSR count). The van der Waals surface area contributed by atoms with Crippen molar-refractivity contribution in [3.05, 3.63) is 10.5 Å². The molecule has 2 atom stereocenters. The van der Waals surface area contributed by atoms with Crippen LogP contribution in [0.5, 0.6) is 0 Å². The van der Waals surface area contributed by atoms with Crippen molar-refractivity contribution in [2.75, 3.05) is 0 Å². The zero-order valence-corrected chi connectivity index (χ0v) is 6.79. The molecule has 0 aromatic heterocycles. The maximum atomic E-state index is 2.34. The Kier molecular flexibility index (Phi) is 1.16. The SMILES string of the molecule is CC1CC2=C1S[C@@H](C)C2. The number of hydrogen-bond acceptors (Lipinski definition) is 1. The lowest BCUT2D eigenvalue weighted by atomic mass is 9.85. The lowest BCUT2D eigenvalue weighted by molar-refractivity contribution is 0.608. The molecule has 0 amide bonds. The molecule has 9 heavy (non-hydrogen) atoms. The second kappa shape index (κ2) is 1.79. The van der Waals surface area contributed by atoms with Crippen LogP contribution >= 0.6 is 11.8 Å². The van der Waals surface area contributed by atoms with Gasteiger partial charge in [-0.2, -0.15) is 0 Å². The summed E-state index contributed by atoms with van der Waals surface area (Å²) in [6, 6.07) is 0. The van der Waals surface area contributed by atoms with E-state index in [0.717, 1.165) is 11.2 Å². The van der Waals surface area contributed by atoms with E-state index < -0.39 is 0 Å². The molecule has 50 valence electrons. The van der Waals surface area contributed by atoms with Gasteiger partial charge in [0.15, 0.2) is 0 Å². The van der Waals surface area contributed by atoms with E-state index in [1.807, 2.05) is 0 Å². The van der Waals surface area contributed by atoms with E-state index in [1.54, 1.807) is 10.5 Å². The van der Waals surface area contributed by atoms with Crippen molar-refractivity contribution in [3.63, 3.8) is 0 Å². The fourth-order valence-corrected chi connectivity index (χ4v) is 3.14. The Labute approximate surface area is 60.7 Å². The molecular formula is C8H12S. The van der Waals surface area contributed by atoms with Crippen LogP contribution in [0, 0.1) is 5.92 Å². The van der Waals surface area contributed by atoms with Crippen LogP contribution in [0.15, 0.2) is 10.5 Å². The Bertz CT molecular complexity index is 169. The van der Waals surface area contributed by atoms with Gasteiger partial charge in [-0.3, -0.25) is 0 Å². The highest BCUT2D eigenvalue weighted by atomic mass is 32.2. The molecule has 1 aliphatic heterocycles. The average molecular weight is 140 g/mol. The maximum Gasteiger partial charge on any atom is 0.0100 e. The molecular weight excluding hydrogens is 128 g/mol. The first-order valence-electron chi connectivity index (χ1n) is 3.66. The number of hydrogen-bond donors (Lipinski definition) is 0. The van der Waals surface area contributed by atoms with Crippen molar-refractivity contribution >= 4 is 11.8 Å². The van der Waals surface area contributed by atoms with E-state index in [-0.39, 0.29) is 0 Å². The van der Waals surface area contributed by atoms with Crippen LogP contribution in [0.25, 0.3) is 0 Å². The number of allylic oxidation sites excluding steroid dienone is 2. The maximum absolute atomic E-state index is 2.34. The molecule has 0 fully saturated rings. The Morgan fingerprint density at radius 3 is 2.56 bits per heavy atom. The molecule has 0 saturated carbocycles. The van der Waals surface area contributed by atoms with Gasteiger partial charge in [0.25, 0.3) is 0 Å². The van der Waals surface area contributed by atoms with Crippen LogP contribution < -0.4 is 0 Å². The van der Waals surface area contributed by atoms with Crippen molar-refractivity contribution in [1.29, 1.82) is 0 Å². The molecule has 0 spiro atoms. The molecule has 0 N–H and O–H groups in total. The van der Waals surface area contributed by atoms with Gasteiger partial charge in [-0.05, 0) is 23.7 Å². The second-order valence-electron chi connectivity index (χ2n) is 3.21. The Morgan fingerprint density at radius 1 is 1.33 bits per heavy atom. The minimum atomic E-state index is 0.889. The highest BCUT2D eigenvalue weighted by molar-refractivity contribution is 8.04. The van der Waals surface area contributed by atoms with Crippen LogP contribution in [0.1, 0.15) is 26.7 Å². The predicted octanol–water partition coefficient (Wildman–Crippen LogP) is 2.81. The quantitative estimate of drug-likeness (QED) is 0.498. The molecule has 0 aromatic carbocycles. The minimum absolute atomic E-state index is 0.889. The van der Waals surface area contributed by atoms with Crippen molar-refractivity contribution in [1.82, 2.24) is 0 Å². The molecule has 0 saturated heterocycles. The van der Waals surface area contributed by atoms with Crippen molar-refractivity contribution in [3.8, 4) is 0 Å². The largest absolute Gasteiger partial charge is 0.127 e. The number of thioether (sulfide) groups is 1. The van der Waals surface area contributed by atoms with Gasteiger partial charge in [0.05, 0.1) is 0 Å². The van der Waals surface area contributed by atoms with Gasteiger partial charge in [-0.25, -0.2) is 0 Å². The highest BCUT2D eigenvalue weighted by Crippen LogP contribution is 2.52. The van der Waals surface area contributed by atoms with Gasteiger partial charge >= 0.3 is 0 Å². The first-order valence-corrected chi connectivity index (χ1v) is 4.54. The van der Waals surface area contributed by atoms with Crippen LogP contribution in [0.4, 0.5) is 0 Å². The van der Waals surface area contributed by atoms with E-state index in [4.69, 9.17) is 0 Å². The summed E-state index contributed by atoms with van der Waals surface area (Å²) in [6.07, 6.45) is 2.77. The van der Waals surface area contributed by atoms with Gasteiger partial charge in [0.2, 0.25) is 0 Å². The van der Waals surface area contributed by atoms with Gasteiger partial charge in [-0.15, -0.1) is 11.8 Å².